The van der Waals surface area contributed by atoms with Crippen molar-refractivity contribution >= 4 is 29.9 Å². The highest BCUT2D eigenvalue weighted by Gasteiger charge is 2.20. The van der Waals surface area contributed by atoms with Crippen LogP contribution in [0.1, 0.15) is 50.6 Å². The molecule has 1 aromatic rings. The minimum atomic E-state index is 0. The van der Waals surface area contributed by atoms with Crippen LogP contribution in [0.2, 0.25) is 0 Å². The maximum Gasteiger partial charge on any atom is 0.189 e. The molecule has 2 rings (SSSR count). The zero-order valence-corrected chi connectivity index (χ0v) is 16.4. The Balaban J connectivity index is 0.00000264. The van der Waals surface area contributed by atoms with Gasteiger partial charge in [-0.3, -0.25) is 4.99 Å². The van der Waals surface area contributed by atoms with Gasteiger partial charge in [-0.05, 0) is 37.2 Å². The molecule has 130 valence electrons. The van der Waals surface area contributed by atoms with E-state index in [1.54, 1.807) is 0 Å². The lowest BCUT2D eigenvalue weighted by atomic mass is 9.89. The highest BCUT2D eigenvalue weighted by Crippen LogP contribution is 2.27. The summed E-state index contributed by atoms with van der Waals surface area (Å²) in [4.78, 5) is 4.43. The number of benzene rings is 1. The van der Waals surface area contributed by atoms with E-state index in [0.29, 0.717) is 11.9 Å². The quantitative estimate of drug-likeness (QED) is 0.298. The van der Waals surface area contributed by atoms with Crippen LogP contribution in [0.25, 0.3) is 0 Å². The Bertz CT molecular complexity index is 447. The van der Waals surface area contributed by atoms with Gasteiger partial charge in [0.25, 0.3) is 0 Å². The molecule has 0 aromatic heterocycles. The van der Waals surface area contributed by atoms with Gasteiger partial charge in [-0.15, -0.1) is 24.0 Å². The van der Waals surface area contributed by atoms with Gasteiger partial charge in [0.05, 0.1) is 6.04 Å². The summed E-state index contributed by atoms with van der Waals surface area (Å²) < 4.78 is 5.46. The fraction of sp³-hybridized carbons (Fsp3) is 0.611. The summed E-state index contributed by atoms with van der Waals surface area (Å²) in [6.07, 6.45) is 5.58. The van der Waals surface area contributed by atoms with Gasteiger partial charge in [0.1, 0.15) is 0 Å². The molecule has 0 radical (unpaired) electrons. The highest BCUT2D eigenvalue weighted by molar-refractivity contribution is 14.0. The summed E-state index contributed by atoms with van der Waals surface area (Å²) in [5.74, 6) is 1.25. The van der Waals surface area contributed by atoms with Crippen LogP contribution < -0.4 is 11.1 Å². The van der Waals surface area contributed by atoms with E-state index in [9.17, 15) is 0 Å². The summed E-state index contributed by atoms with van der Waals surface area (Å²) in [7, 11) is 0. The van der Waals surface area contributed by atoms with Crippen LogP contribution in [0.15, 0.2) is 35.3 Å². The lowest BCUT2D eigenvalue weighted by Gasteiger charge is -2.28. The molecule has 23 heavy (non-hydrogen) atoms. The lowest BCUT2D eigenvalue weighted by molar-refractivity contribution is 0.0612. The number of aliphatic imine (C=N–C) groups is 1. The summed E-state index contributed by atoms with van der Waals surface area (Å²) in [6.45, 7) is 4.73. The molecule has 0 amide bonds. The molecule has 1 aromatic carbocycles. The molecular formula is C18H30IN3O. The third-order valence-corrected chi connectivity index (χ3v) is 4.23. The zero-order chi connectivity index (χ0) is 15.6. The molecule has 1 unspecified atom stereocenters. The Hall–Kier alpha value is -0.820. The van der Waals surface area contributed by atoms with E-state index in [2.05, 4.69) is 41.5 Å². The van der Waals surface area contributed by atoms with Crippen molar-refractivity contribution in [3.05, 3.63) is 35.9 Å². The smallest absolute Gasteiger partial charge is 0.189 e. The van der Waals surface area contributed by atoms with Gasteiger partial charge in [0.2, 0.25) is 0 Å². The highest BCUT2D eigenvalue weighted by atomic mass is 127. The number of ether oxygens (including phenoxy) is 1. The minimum absolute atomic E-state index is 0. The normalized spacial score (nSPS) is 17.3. The number of guanidine groups is 1. The Morgan fingerprint density at radius 1 is 1.30 bits per heavy atom. The van der Waals surface area contributed by atoms with Crippen molar-refractivity contribution in [2.75, 3.05) is 19.8 Å². The van der Waals surface area contributed by atoms with Crippen LogP contribution in [0, 0.1) is 5.92 Å². The topological polar surface area (TPSA) is 59.6 Å². The van der Waals surface area contributed by atoms with E-state index in [-0.39, 0.29) is 30.0 Å². The Kier molecular flexibility index (Phi) is 10.3. The van der Waals surface area contributed by atoms with E-state index in [0.717, 1.165) is 51.9 Å². The molecular weight excluding hydrogens is 401 g/mol. The van der Waals surface area contributed by atoms with Crippen molar-refractivity contribution in [3.8, 4) is 0 Å². The molecule has 1 aliphatic rings. The summed E-state index contributed by atoms with van der Waals surface area (Å²) in [6, 6.07) is 10.8. The van der Waals surface area contributed by atoms with Gasteiger partial charge in [0.15, 0.2) is 5.96 Å². The number of hydrogen-bond donors (Lipinski definition) is 2. The summed E-state index contributed by atoms with van der Waals surface area (Å²) in [5, 5.41) is 3.43. The maximum atomic E-state index is 6.07. The van der Waals surface area contributed by atoms with Crippen molar-refractivity contribution in [2.24, 2.45) is 16.6 Å². The first-order chi connectivity index (χ1) is 10.8. The Labute approximate surface area is 157 Å². The zero-order valence-electron chi connectivity index (χ0n) is 14.0. The monoisotopic (exact) mass is 431 g/mol. The molecule has 0 spiro atoms. The molecule has 1 saturated heterocycles. The third-order valence-electron chi connectivity index (χ3n) is 4.23. The standard InChI is InChI=1S/C18H29N3O.HI/c1-2-3-11-20-18(19)21-17(16-7-5-4-6-8-16)14-15-9-12-22-13-10-15;/h4-8,15,17H,2-3,9-14H2,1H3,(H3,19,20,21);1H. The van der Waals surface area contributed by atoms with Crippen LogP contribution in [-0.4, -0.2) is 25.7 Å². The van der Waals surface area contributed by atoms with Gasteiger partial charge in [0, 0.05) is 19.8 Å². The van der Waals surface area contributed by atoms with E-state index in [1.165, 1.54) is 5.56 Å². The molecule has 1 fully saturated rings. The largest absolute Gasteiger partial charge is 0.381 e. The first kappa shape index (κ1) is 20.2. The number of rotatable bonds is 7. The molecule has 5 heteroatoms. The van der Waals surface area contributed by atoms with Crippen molar-refractivity contribution in [1.29, 1.82) is 0 Å². The first-order valence-corrected chi connectivity index (χ1v) is 8.48. The lowest BCUT2D eigenvalue weighted by Crippen LogP contribution is -2.36. The fourth-order valence-corrected chi connectivity index (χ4v) is 2.86. The molecule has 1 aliphatic heterocycles. The predicted molar refractivity (Wildman–Crippen MR) is 107 cm³/mol. The number of hydrogen-bond acceptors (Lipinski definition) is 2. The molecule has 0 bridgehead atoms. The average Bonchev–Trinajstić information content (AvgIpc) is 2.56. The van der Waals surface area contributed by atoms with Gasteiger partial charge < -0.3 is 15.8 Å². The second kappa shape index (κ2) is 11.7. The van der Waals surface area contributed by atoms with Crippen LogP contribution in [0.4, 0.5) is 0 Å². The van der Waals surface area contributed by atoms with Crippen LogP contribution in [-0.2, 0) is 4.74 Å². The molecule has 0 aliphatic carbocycles. The molecule has 0 saturated carbocycles. The van der Waals surface area contributed by atoms with Gasteiger partial charge in [-0.2, -0.15) is 0 Å². The van der Waals surface area contributed by atoms with Crippen molar-refractivity contribution in [2.45, 2.75) is 45.1 Å². The second-order valence-corrected chi connectivity index (χ2v) is 6.02. The number of unbranched alkanes of at least 4 members (excludes halogenated alkanes) is 1. The van der Waals surface area contributed by atoms with Crippen LogP contribution >= 0.6 is 24.0 Å². The first-order valence-electron chi connectivity index (χ1n) is 8.48. The molecule has 1 heterocycles. The predicted octanol–water partition coefficient (Wildman–Crippen LogP) is 3.87. The van der Waals surface area contributed by atoms with E-state index >= 15 is 0 Å². The summed E-state index contributed by atoms with van der Waals surface area (Å²) >= 11 is 0. The fourth-order valence-electron chi connectivity index (χ4n) is 2.86. The average molecular weight is 431 g/mol. The number of nitrogens with one attached hydrogen (secondary N) is 1. The minimum Gasteiger partial charge on any atom is -0.381 e. The van der Waals surface area contributed by atoms with Crippen molar-refractivity contribution in [1.82, 2.24) is 5.32 Å². The van der Waals surface area contributed by atoms with E-state index in [4.69, 9.17) is 10.5 Å². The summed E-state index contributed by atoms with van der Waals surface area (Å²) in [5.41, 5.74) is 7.35. The number of nitrogens with two attached hydrogens (primary N) is 1. The maximum absolute atomic E-state index is 6.07. The third kappa shape index (κ3) is 7.52. The number of nitrogens with zero attached hydrogens (tertiary/aromatic N) is 1. The van der Waals surface area contributed by atoms with Gasteiger partial charge in [-0.1, -0.05) is 43.7 Å². The number of halogens is 1. The Morgan fingerprint density at radius 3 is 2.65 bits per heavy atom. The molecule has 3 N–H and O–H groups in total. The van der Waals surface area contributed by atoms with Crippen molar-refractivity contribution in [3.63, 3.8) is 0 Å². The van der Waals surface area contributed by atoms with Crippen molar-refractivity contribution < 1.29 is 4.74 Å². The molecule has 4 nitrogen and oxygen atoms in total. The van der Waals surface area contributed by atoms with Crippen LogP contribution in [0.3, 0.4) is 0 Å². The molecule has 1 atom stereocenters. The van der Waals surface area contributed by atoms with Crippen LogP contribution in [0.5, 0.6) is 0 Å². The Morgan fingerprint density at radius 2 is 2.00 bits per heavy atom. The van der Waals surface area contributed by atoms with Gasteiger partial charge >= 0.3 is 0 Å². The second-order valence-electron chi connectivity index (χ2n) is 6.02. The van der Waals surface area contributed by atoms with E-state index < -0.39 is 0 Å². The van der Waals surface area contributed by atoms with Gasteiger partial charge in [-0.25, -0.2) is 0 Å². The van der Waals surface area contributed by atoms with E-state index in [1.807, 2.05) is 6.07 Å². The SMILES string of the molecule is CCCCN=C(N)NC(CC1CCOCC1)c1ccccc1.I.